The van der Waals surface area contributed by atoms with Crippen LogP contribution in [-0.4, -0.2) is 20.9 Å². The zero-order valence-corrected chi connectivity index (χ0v) is 5.03. The van der Waals surface area contributed by atoms with Crippen LogP contribution in [0.4, 0.5) is 14.1 Å². The molecular formula is C2H9BF3S. The minimum atomic E-state index is 0. The van der Waals surface area contributed by atoms with Gasteiger partial charge in [0.2, 0.25) is 0 Å². The fourth-order valence-corrected chi connectivity index (χ4v) is 0. The molecule has 0 N–H and O–H groups in total. The average molecular weight is 133 g/mol. The van der Waals surface area contributed by atoms with E-state index in [1.807, 2.05) is 12.5 Å². The Morgan fingerprint density at radius 1 is 0.857 bits per heavy atom. The molecule has 0 heterocycles. The van der Waals surface area contributed by atoms with E-state index in [0.29, 0.717) is 0 Å². The van der Waals surface area contributed by atoms with Crippen molar-refractivity contribution in [3.05, 3.63) is 0 Å². The lowest BCUT2D eigenvalue weighted by atomic mass is 10.8. The third kappa shape index (κ3) is 2610. The van der Waals surface area contributed by atoms with Crippen molar-refractivity contribution in [3.63, 3.8) is 0 Å². The van der Waals surface area contributed by atoms with Crippen molar-refractivity contribution in [1.29, 1.82) is 0 Å². The maximum Gasteiger partial charge on any atom is 0 e. The van der Waals surface area contributed by atoms with E-state index in [9.17, 15) is 0 Å². The molecule has 0 amide bonds. The summed E-state index contributed by atoms with van der Waals surface area (Å²) in [7, 11) is 0. The molecule has 0 bridgehead atoms. The van der Waals surface area contributed by atoms with E-state index in [1.54, 1.807) is 11.8 Å². The largest absolute Gasteiger partial charge is 0.269 e. The summed E-state index contributed by atoms with van der Waals surface area (Å²) in [5.41, 5.74) is 0. The lowest BCUT2D eigenvalue weighted by Gasteiger charge is -1.51. The van der Waals surface area contributed by atoms with E-state index in [0.717, 1.165) is 0 Å². The Morgan fingerprint density at radius 2 is 0.857 bits per heavy atom. The first kappa shape index (κ1) is 57.1. The van der Waals surface area contributed by atoms with Crippen LogP contribution in [-0.2, 0) is 0 Å². The molecule has 0 aromatic rings. The van der Waals surface area contributed by atoms with Gasteiger partial charge >= 0.3 is 0 Å². The predicted molar refractivity (Wildman–Crippen MR) is 32.7 cm³/mol. The van der Waals surface area contributed by atoms with Crippen LogP contribution in [0.3, 0.4) is 0 Å². The van der Waals surface area contributed by atoms with E-state index < -0.39 is 0 Å². The minimum Gasteiger partial charge on any atom is -0.269 e. The molecule has 0 aromatic heterocycles. The number of halogens is 3. The molecule has 0 aliphatic rings. The van der Waals surface area contributed by atoms with Gasteiger partial charge in [0.25, 0.3) is 0 Å². The molecule has 0 aliphatic heterocycles. The molecule has 0 rings (SSSR count). The van der Waals surface area contributed by atoms with Gasteiger partial charge in [0.15, 0.2) is 0 Å². The molecule has 0 fully saturated rings. The molecule has 0 nitrogen and oxygen atoms in total. The van der Waals surface area contributed by atoms with E-state index in [4.69, 9.17) is 0 Å². The summed E-state index contributed by atoms with van der Waals surface area (Å²) in [4.78, 5) is 0. The van der Waals surface area contributed by atoms with Gasteiger partial charge in [0, 0.05) is 8.41 Å². The normalized spacial score (nSPS) is 2.57. The average Bonchev–Trinajstić information content (AvgIpc) is 0.918. The molecule has 0 saturated carbocycles. The van der Waals surface area contributed by atoms with Gasteiger partial charge in [-0.05, 0) is 12.5 Å². The highest BCUT2D eigenvalue weighted by Gasteiger charge is 1.32. The number of hydrogen-bond donors (Lipinski definition) is 0. The quantitative estimate of drug-likeness (QED) is 0.445. The zero-order chi connectivity index (χ0) is 2.71. The van der Waals surface area contributed by atoms with Gasteiger partial charge in [-0.2, -0.15) is 11.8 Å². The van der Waals surface area contributed by atoms with Crippen LogP contribution in [0.1, 0.15) is 0 Å². The Labute approximate surface area is 47.7 Å². The van der Waals surface area contributed by atoms with Gasteiger partial charge in [-0.3, -0.25) is 14.1 Å². The third-order valence-electron chi connectivity index (χ3n) is 0. The first-order chi connectivity index (χ1) is 1.41. The predicted octanol–water partition coefficient (Wildman–Crippen LogP) is 1.06. The fourth-order valence-electron chi connectivity index (χ4n) is 0. The van der Waals surface area contributed by atoms with Gasteiger partial charge in [-0.15, -0.1) is 0 Å². The van der Waals surface area contributed by atoms with Crippen molar-refractivity contribution in [3.8, 4) is 0 Å². The smallest absolute Gasteiger partial charge is 0 e. The van der Waals surface area contributed by atoms with E-state index >= 15 is 0 Å². The summed E-state index contributed by atoms with van der Waals surface area (Å²) in [6.07, 6.45) is 4.08. The summed E-state index contributed by atoms with van der Waals surface area (Å²) < 4.78 is 0. The lowest BCUT2D eigenvalue weighted by Crippen LogP contribution is -1.25. The molecule has 0 atom stereocenters. The van der Waals surface area contributed by atoms with Crippen LogP contribution >= 0.6 is 11.8 Å². The van der Waals surface area contributed by atoms with Crippen molar-refractivity contribution >= 4 is 20.2 Å². The van der Waals surface area contributed by atoms with E-state index in [1.165, 1.54) is 0 Å². The summed E-state index contributed by atoms with van der Waals surface area (Å²) in [5, 5.41) is 0. The second-order valence-corrected chi connectivity index (χ2v) is 1.22. The lowest BCUT2D eigenvalue weighted by molar-refractivity contribution is 1.11. The van der Waals surface area contributed by atoms with E-state index in [2.05, 4.69) is 0 Å². The second-order valence-electron chi connectivity index (χ2n) is 0.408. The molecule has 47 valence electrons. The third-order valence-corrected chi connectivity index (χ3v) is 0. The van der Waals surface area contributed by atoms with Crippen LogP contribution in [0.25, 0.3) is 0 Å². The highest BCUT2D eigenvalue weighted by atomic mass is 32.2. The number of hydrogen-bond acceptors (Lipinski definition) is 1. The van der Waals surface area contributed by atoms with Crippen molar-refractivity contribution in [2.75, 3.05) is 12.5 Å². The molecular weight excluding hydrogens is 124 g/mol. The summed E-state index contributed by atoms with van der Waals surface area (Å²) in [5.74, 6) is 0. The van der Waals surface area contributed by atoms with Crippen LogP contribution in [0.5, 0.6) is 0 Å². The fraction of sp³-hybridized carbons (Fsp3) is 1.00. The highest BCUT2D eigenvalue weighted by molar-refractivity contribution is 7.97. The van der Waals surface area contributed by atoms with Gasteiger partial charge in [0.05, 0.1) is 0 Å². The molecule has 0 aliphatic carbocycles. The Hall–Kier alpha value is 0.205. The topological polar surface area (TPSA) is 0 Å². The van der Waals surface area contributed by atoms with Gasteiger partial charge in [0.1, 0.15) is 0 Å². The maximum absolute atomic E-state index is 2.04. The Balaban J connectivity index is -0.00000000333. The number of rotatable bonds is 0. The van der Waals surface area contributed by atoms with Gasteiger partial charge < -0.3 is 0 Å². The maximum atomic E-state index is 2.04. The summed E-state index contributed by atoms with van der Waals surface area (Å²) in [6, 6.07) is 0. The Bertz CT molecular complexity index is 12.9. The van der Waals surface area contributed by atoms with Crippen LogP contribution in [0.15, 0.2) is 0 Å². The first-order valence-electron chi connectivity index (χ1n) is 0.816. The standard InChI is InChI=1S/C2H6S.B.3FH/c1-3-2;;;;/h1-2H3;;3*1H. The van der Waals surface area contributed by atoms with Crippen molar-refractivity contribution in [1.82, 2.24) is 0 Å². The van der Waals surface area contributed by atoms with E-state index in [-0.39, 0.29) is 22.5 Å². The molecule has 3 radical (unpaired) electrons. The molecule has 0 saturated heterocycles. The molecule has 0 aromatic carbocycles. The molecule has 7 heavy (non-hydrogen) atoms. The van der Waals surface area contributed by atoms with Crippen LogP contribution in [0, 0.1) is 0 Å². The van der Waals surface area contributed by atoms with Crippen LogP contribution < -0.4 is 0 Å². The Kier molecular flexibility index (Phi) is 944. The summed E-state index contributed by atoms with van der Waals surface area (Å²) >= 11 is 1.75. The van der Waals surface area contributed by atoms with Gasteiger partial charge in [-0.25, -0.2) is 0 Å². The molecule has 5 heteroatoms. The van der Waals surface area contributed by atoms with Crippen molar-refractivity contribution in [2.45, 2.75) is 0 Å². The highest BCUT2D eigenvalue weighted by Crippen LogP contribution is 1.70. The monoisotopic (exact) mass is 133 g/mol. The van der Waals surface area contributed by atoms with Crippen LogP contribution in [0.2, 0.25) is 0 Å². The summed E-state index contributed by atoms with van der Waals surface area (Å²) in [6.45, 7) is 0. The molecule has 0 unspecified atom stereocenters. The van der Waals surface area contributed by atoms with Gasteiger partial charge in [-0.1, -0.05) is 0 Å². The minimum absolute atomic E-state index is 0. The SMILES string of the molecule is CSC.F.F.F.[B]. The first-order valence-corrected chi connectivity index (χ1v) is 2.45. The van der Waals surface area contributed by atoms with Crippen molar-refractivity contribution in [2.24, 2.45) is 0 Å². The Morgan fingerprint density at radius 3 is 0.857 bits per heavy atom. The van der Waals surface area contributed by atoms with Crippen molar-refractivity contribution < 1.29 is 14.1 Å². The molecule has 0 spiro atoms. The number of thioether (sulfide) groups is 1. The second kappa shape index (κ2) is 116. The zero-order valence-electron chi connectivity index (χ0n) is 4.21.